The third-order valence-corrected chi connectivity index (χ3v) is 7.20. The van der Waals surface area contributed by atoms with Gasteiger partial charge < -0.3 is 4.42 Å². The topological polar surface area (TPSA) is 132 Å². The zero-order valence-electron chi connectivity index (χ0n) is 17.0. The highest BCUT2D eigenvalue weighted by Gasteiger charge is 2.38. The second-order valence-electron chi connectivity index (χ2n) is 7.49. The van der Waals surface area contributed by atoms with E-state index < -0.39 is 39.8 Å². The van der Waals surface area contributed by atoms with Gasteiger partial charge in [0.15, 0.2) is 0 Å². The van der Waals surface area contributed by atoms with Crippen LogP contribution in [-0.4, -0.2) is 35.5 Å². The van der Waals surface area contributed by atoms with Gasteiger partial charge in [-0.2, -0.15) is 22.7 Å². The van der Waals surface area contributed by atoms with Crippen LogP contribution in [0.1, 0.15) is 60.7 Å². The van der Waals surface area contributed by atoms with Gasteiger partial charge in [-0.15, -0.1) is 5.10 Å². The van der Waals surface area contributed by atoms with Crippen molar-refractivity contribution in [1.29, 1.82) is 5.26 Å². The molecule has 3 atom stereocenters. The van der Waals surface area contributed by atoms with E-state index in [9.17, 15) is 22.9 Å². The number of nitriles is 1. The summed E-state index contributed by atoms with van der Waals surface area (Å²) in [7, 11) is -4.15. The zero-order valence-corrected chi connectivity index (χ0v) is 17.8. The first kappa shape index (κ1) is 22.1. The van der Waals surface area contributed by atoms with Crippen molar-refractivity contribution in [2.24, 2.45) is 0 Å². The van der Waals surface area contributed by atoms with E-state index in [4.69, 9.17) is 4.42 Å². The number of aromatic amines is 1. The largest absolute Gasteiger partial charge is 0.434 e. The van der Waals surface area contributed by atoms with Crippen LogP contribution in [0.5, 0.6) is 0 Å². The average molecular weight is 437 g/mol. The maximum atomic E-state index is 14.7. The Labute approximate surface area is 174 Å². The molecule has 0 spiro atoms. The molecule has 1 aliphatic rings. The molecule has 3 rings (SSSR count). The highest BCUT2D eigenvalue weighted by molar-refractivity contribution is 7.87. The summed E-state index contributed by atoms with van der Waals surface area (Å²) in [6, 6.07) is 3.01. The SMILES string of the molecule is Cc1ccc(F)c(C(C)[C@H](NS(=O)(=O)N2CCCCC2C#N)c2n[nH]c(=O)o2)c1C. The van der Waals surface area contributed by atoms with Gasteiger partial charge in [0.2, 0.25) is 5.89 Å². The van der Waals surface area contributed by atoms with Gasteiger partial charge in [0.05, 0.1) is 6.07 Å². The molecule has 2 unspecified atom stereocenters. The number of hydrogen-bond donors (Lipinski definition) is 2. The first-order chi connectivity index (χ1) is 14.2. The van der Waals surface area contributed by atoms with Crippen LogP contribution < -0.4 is 10.5 Å². The summed E-state index contributed by atoms with van der Waals surface area (Å²) in [6.45, 7) is 5.39. The Balaban J connectivity index is 2.03. The minimum Gasteiger partial charge on any atom is -0.391 e. The molecule has 1 aliphatic heterocycles. The monoisotopic (exact) mass is 437 g/mol. The summed E-state index contributed by atoms with van der Waals surface area (Å²) < 4.78 is 49.6. The van der Waals surface area contributed by atoms with Crippen molar-refractivity contribution in [2.75, 3.05) is 6.54 Å². The molecule has 0 bridgehead atoms. The summed E-state index contributed by atoms with van der Waals surface area (Å²) in [6.07, 6.45) is 1.81. The van der Waals surface area contributed by atoms with Crippen molar-refractivity contribution in [3.8, 4) is 6.07 Å². The third-order valence-electron chi connectivity index (χ3n) is 5.60. The van der Waals surface area contributed by atoms with E-state index in [2.05, 4.69) is 14.9 Å². The summed E-state index contributed by atoms with van der Waals surface area (Å²) >= 11 is 0. The molecule has 1 saturated heterocycles. The maximum absolute atomic E-state index is 14.7. The van der Waals surface area contributed by atoms with Crippen molar-refractivity contribution >= 4 is 10.2 Å². The minimum atomic E-state index is -4.15. The average Bonchev–Trinajstić information content (AvgIpc) is 3.15. The van der Waals surface area contributed by atoms with E-state index in [1.807, 2.05) is 13.0 Å². The first-order valence-electron chi connectivity index (χ1n) is 9.65. The molecule has 0 aliphatic carbocycles. The van der Waals surface area contributed by atoms with Crippen LogP contribution in [-0.2, 0) is 10.2 Å². The van der Waals surface area contributed by atoms with Crippen molar-refractivity contribution in [2.45, 2.75) is 58.0 Å². The number of nitrogens with zero attached hydrogens (tertiary/aromatic N) is 3. The Kier molecular flexibility index (Phi) is 6.40. The predicted octanol–water partition coefficient (Wildman–Crippen LogP) is 2.18. The third kappa shape index (κ3) is 4.30. The number of aryl methyl sites for hydroxylation is 1. The minimum absolute atomic E-state index is 0.191. The molecule has 2 heterocycles. The number of halogens is 1. The lowest BCUT2D eigenvalue weighted by Gasteiger charge is -2.33. The van der Waals surface area contributed by atoms with Gasteiger partial charge in [-0.25, -0.2) is 14.3 Å². The summed E-state index contributed by atoms with van der Waals surface area (Å²) in [5.74, 6) is -2.31. The summed E-state index contributed by atoms with van der Waals surface area (Å²) in [4.78, 5) is 11.5. The van der Waals surface area contributed by atoms with Gasteiger partial charge in [-0.3, -0.25) is 0 Å². The molecule has 11 heteroatoms. The van der Waals surface area contributed by atoms with Crippen LogP contribution in [0, 0.1) is 31.0 Å². The fourth-order valence-corrected chi connectivity index (χ4v) is 5.44. The van der Waals surface area contributed by atoms with Crippen molar-refractivity contribution in [3.63, 3.8) is 0 Å². The highest BCUT2D eigenvalue weighted by atomic mass is 32.2. The normalized spacial score (nSPS) is 19.9. The molecular weight excluding hydrogens is 413 g/mol. The Morgan fingerprint density at radius 3 is 2.77 bits per heavy atom. The molecule has 30 heavy (non-hydrogen) atoms. The van der Waals surface area contributed by atoms with Gasteiger partial charge in [0.1, 0.15) is 17.9 Å². The molecule has 0 radical (unpaired) electrons. The van der Waals surface area contributed by atoms with Crippen LogP contribution in [0.15, 0.2) is 21.3 Å². The van der Waals surface area contributed by atoms with Crippen LogP contribution in [0.3, 0.4) is 0 Å². The molecule has 9 nitrogen and oxygen atoms in total. The Morgan fingerprint density at radius 2 is 2.13 bits per heavy atom. The quantitative estimate of drug-likeness (QED) is 0.712. The smallest absolute Gasteiger partial charge is 0.391 e. The van der Waals surface area contributed by atoms with Crippen LogP contribution in [0.2, 0.25) is 0 Å². The lowest BCUT2D eigenvalue weighted by molar-refractivity contribution is 0.285. The van der Waals surface area contributed by atoms with Gasteiger partial charge in [-0.05, 0) is 55.9 Å². The van der Waals surface area contributed by atoms with Gasteiger partial charge in [0.25, 0.3) is 10.2 Å². The highest BCUT2D eigenvalue weighted by Crippen LogP contribution is 2.35. The van der Waals surface area contributed by atoms with Gasteiger partial charge >= 0.3 is 5.76 Å². The predicted molar refractivity (Wildman–Crippen MR) is 106 cm³/mol. The van der Waals surface area contributed by atoms with Gasteiger partial charge in [0, 0.05) is 12.5 Å². The van der Waals surface area contributed by atoms with Crippen LogP contribution in [0.4, 0.5) is 4.39 Å². The Bertz CT molecular complexity index is 1120. The van der Waals surface area contributed by atoms with E-state index in [0.717, 1.165) is 16.3 Å². The van der Waals surface area contributed by atoms with E-state index in [-0.39, 0.29) is 12.4 Å². The second-order valence-corrected chi connectivity index (χ2v) is 9.15. The number of benzene rings is 1. The van der Waals surface area contributed by atoms with E-state index in [1.165, 1.54) is 6.07 Å². The molecule has 2 aromatic rings. The van der Waals surface area contributed by atoms with E-state index in [0.29, 0.717) is 24.0 Å². The molecule has 2 N–H and O–H groups in total. The molecule has 162 valence electrons. The molecule has 1 aromatic carbocycles. The maximum Gasteiger partial charge on any atom is 0.434 e. The Morgan fingerprint density at radius 1 is 1.40 bits per heavy atom. The summed E-state index contributed by atoms with van der Waals surface area (Å²) in [5, 5.41) is 15.2. The zero-order chi connectivity index (χ0) is 22.1. The molecular formula is C19H24FN5O4S. The molecule has 1 aromatic heterocycles. The molecule has 0 saturated carbocycles. The first-order valence-corrected chi connectivity index (χ1v) is 11.1. The fraction of sp³-hybridized carbons (Fsp3) is 0.526. The number of nitrogens with one attached hydrogen (secondary N) is 2. The van der Waals surface area contributed by atoms with Gasteiger partial charge in [-0.1, -0.05) is 13.0 Å². The number of aromatic nitrogens is 2. The lowest BCUT2D eigenvalue weighted by Crippen LogP contribution is -2.50. The molecule has 1 fully saturated rings. The number of hydrogen-bond acceptors (Lipinski definition) is 6. The van der Waals surface area contributed by atoms with Crippen molar-refractivity contribution < 1.29 is 17.2 Å². The van der Waals surface area contributed by atoms with Crippen LogP contribution in [0.25, 0.3) is 0 Å². The van der Waals surface area contributed by atoms with E-state index >= 15 is 0 Å². The number of rotatable bonds is 6. The van der Waals surface area contributed by atoms with Crippen LogP contribution >= 0.6 is 0 Å². The summed E-state index contributed by atoms with van der Waals surface area (Å²) in [5.41, 5.74) is 1.80. The number of piperidine rings is 1. The standard InChI is InChI=1S/C19H24FN5O4S/c1-11-7-8-15(20)16(12(11)2)13(3)17(18-22-23-19(26)29-18)24-30(27,28)25-9-5-4-6-14(25)10-21/h7-8,13-14,17,24H,4-6,9H2,1-3H3,(H,23,26)/t13?,14?,17-/m0/s1. The fourth-order valence-electron chi connectivity index (χ4n) is 3.82. The lowest BCUT2D eigenvalue weighted by atomic mass is 9.88. The number of H-pyrrole nitrogens is 1. The Hall–Kier alpha value is -2.55. The van der Waals surface area contributed by atoms with Crippen molar-refractivity contribution in [1.82, 2.24) is 19.2 Å². The van der Waals surface area contributed by atoms with E-state index in [1.54, 1.807) is 19.9 Å². The second kappa shape index (κ2) is 8.67. The molecule has 0 amide bonds. The van der Waals surface area contributed by atoms with Crippen molar-refractivity contribution in [3.05, 3.63) is 51.1 Å².